The quantitative estimate of drug-likeness (QED) is 0.741. The van der Waals surface area contributed by atoms with Gasteiger partial charge in [0.25, 0.3) is 0 Å². The molecule has 0 aromatic carbocycles. The maximum atomic E-state index is 5.54. The molecule has 3 nitrogen and oxygen atoms in total. The zero-order valence-electron chi connectivity index (χ0n) is 7.07. The van der Waals surface area contributed by atoms with Gasteiger partial charge in [-0.3, -0.25) is 4.98 Å². The molecule has 2 rings (SSSR count). The Kier molecular flexibility index (Phi) is 2.62. The summed E-state index contributed by atoms with van der Waals surface area (Å²) in [4.78, 5) is 4.22. The van der Waals surface area contributed by atoms with E-state index in [0.29, 0.717) is 18.5 Å². The van der Waals surface area contributed by atoms with Crippen molar-refractivity contribution < 1.29 is 9.47 Å². The molecule has 1 aliphatic rings. The number of pyridine rings is 1. The first-order chi connectivity index (χ1) is 6.37. The standard InChI is InChI=1S/C9H10BrNO2/c10-7-9(12-5-6-13-9)8-3-1-2-4-11-8/h1-4H,5-7H2. The predicted molar refractivity (Wildman–Crippen MR) is 51.6 cm³/mol. The molecule has 0 aliphatic carbocycles. The smallest absolute Gasteiger partial charge is 0.222 e. The second kappa shape index (κ2) is 3.74. The van der Waals surface area contributed by atoms with Crippen LogP contribution in [0.4, 0.5) is 0 Å². The van der Waals surface area contributed by atoms with Crippen LogP contribution in [0.2, 0.25) is 0 Å². The number of hydrogen-bond donors (Lipinski definition) is 0. The van der Waals surface area contributed by atoms with Crippen molar-refractivity contribution in [1.29, 1.82) is 0 Å². The number of hydrogen-bond acceptors (Lipinski definition) is 3. The highest BCUT2D eigenvalue weighted by molar-refractivity contribution is 9.09. The van der Waals surface area contributed by atoms with Crippen molar-refractivity contribution in [3.05, 3.63) is 30.1 Å². The molecule has 2 heterocycles. The molecular formula is C9H10BrNO2. The lowest BCUT2D eigenvalue weighted by atomic mass is 10.2. The summed E-state index contributed by atoms with van der Waals surface area (Å²) in [7, 11) is 0. The third-order valence-electron chi connectivity index (χ3n) is 1.98. The van der Waals surface area contributed by atoms with Gasteiger partial charge in [-0.2, -0.15) is 0 Å². The van der Waals surface area contributed by atoms with Gasteiger partial charge in [0.15, 0.2) is 0 Å². The Bertz CT molecular complexity index is 272. The SMILES string of the molecule is BrCC1(c2ccccn2)OCCO1. The molecule has 1 aromatic rings. The van der Waals surface area contributed by atoms with Crippen LogP contribution in [-0.2, 0) is 15.3 Å². The van der Waals surface area contributed by atoms with E-state index in [0.717, 1.165) is 5.69 Å². The highest BCUT2D eigenvalue weighted by Gasteiger charge is 2.38. The molecule has 0 unspecified atom stereocenters. The van der Waals surface area contributed by atoms with Crippen molar-refractivity contribution >= 4 is 15.9 Å². The average molecular weight is 244 g/mol. The van der Waals surface area contributed by atoms with Gasteiger partial charge in [-0.15, -0.1) is 0 Å². The zero-order chi connectivity index (χ0) is 9.15. The fourth-order valence-electron chi connectivity index (χ4n) is 1.34. The molecule has 0 bridgehead atoms. The van der Waals surface area contributed by atoms with E-state index >= 15 is 0 Å². The molecule has 4 heteroatoms. The Labute approximate surface area is 85.2 Å². The lowest BCUT2D eigenvalue weighted by molar-refractivity contribution is -0.147. The molecule has 0 atom stereocenters. The fraction of sp³-hybridized carbons (Fsp3) is 0.444. The topological polar surface area (TPSA) is 31.4 Å². The molecule has 1 fully saturated rings. The summed E-state index contributed by atoms with van der Waals surface area (Å²) in [5.74, 6) is -0.665. The van der Waals surface area contributed by atoms with E-state index in [4.69, 9.17) is 9.47 Å². The van der Waals surface area contributed by atoms with Crippen molar-refractivity contribution in [3.8, 4) is 0 Å². The third-order valence-corrected chi connectivity index (χ3v) is 2.72. The predicted octanol–water partition coefficient (Wildman–Crippen LogP) is 1.68. The van der Waals surface area contributed by atoms with Gasteiger partial charge in [0, 0.05) is 6.20 Å². The van der Waals surface area contributed by atoms with Crippen molar-refractivity contribution in [2.24, 2.45) is 0 Å². The highest BCUT2D eigenvalue weighted by atomic mass is 79.9. The van der Waals surface area contributed by atoms with E-state index in [-0.39, 0.29) is 0 Å². The highest BCUT2D eigenvalue weighted by Crippen LogP contribution is 2.31. The Hall–Kier alpha value is -0.450. The summed E-state index contributed by atoms with van der Waals surface area (Å²) in [6, 6.07) is 5.71. The van der Waals surface area contributed by atoms with Gasteiger partial charge in [-0.1, -0.05) is 22.0 Å². The van der Waals surface area contributed by atoms with E-state index in [2.05, 4.69) is 20.9 Å². The first-order valence-electron chi connectivity index (χ1n) is 4.13. The van der Waals surface area contributed by atoms with Crippen LogP contribution in [0.25, 0.3) is 0 Å². The first kappa shape index (κ1) is 9.12. The average Bonchev–Trinajstić information content (AvgIpc) is 2.69. The Morgan fingerprint density at radius 2 is 2.15 bits per heavy atom. The Balaban J connectivity index is 2.31. The molecule has 0 radical (unpaired) electrons. The number of halogens is 1. The van der Waals surface area contributed by atoms with E-state index in [1.807, 2.05) is 18.2 Å². The van der Waals surface area contributed by atoms with Gasteiger partial charge < -0.3 is 9.47 Å². The molecule has 0 amide bonds. The molecule has 13 heavy (non-hydrogen) atoms. The van der Waals surface area contributed by atoms with Gasteiger partial charge in [-0.25, -0.2) is 0 Å². The maximum Gasteiger partial charge on any atom is 0.222 e. The van der Waals surface area contributed by atoms with Crippen LogP contribution in [-0.4, -0.2) is 23.5 Å². The van der Waals surface area contributed by atoms with E-state index in [1.165, 1.54) is 0 Å². The molecule has 1 aromatic heterocycles. The Morgan fingerprint density at radius 1 is 1.38 bits per heavy atom. The van der Waals surface area contributed by atoms with Gasteiger partial charge in [0.05, 0.1) is 18.5 Å². The van der Waals surface area contributed by atoms with Crippen LogP contribution in [0.15, 0.2) is 24.4 Å². The number of ether oxygens (including phenoxy) is 2. The van der Waals surface area contributed by atoms with Crippen LogP contribution < -0.4 is 0 Å². The number of alkyl halides is 1. The molecule has 70 valence electrons. The second-order valence-electron chi connectivity index (χ2n) is 2.80. The number of nitrogens with zero attached hydrogens (tertiary/aromatic N) is 1. The van der Waals surface area contributed by atoms with Crippen molar-refractivity contribution in [3.63, 3.8) is 0 Å². The Morgan fingerprint density at radius 3 is 2.69 bits per heavy atom. The summed E-state index contributed by atoms with van der Waals surface area (Å²) in [6.07, 6.45) is 1.74. The summed E-state index contributed by atoms with van der Waals surface area (Å²) < 4.78 is 11.1. The van der Waals surface area contributed by atoms with Gasteiger partial charge >= 0.3 is 0 Å². The summed E-state index contributed by atoms with van der Waals surface area (Å²) in [5.41, 5.74) is 0.823. The molecule has 0 N–H and O–H groups in total. The van der Waals surface area contributed by atoms with Crippen molar-refractivity contribution in [2.75, 3.05) is 18.5 Å². The lowest BCUT2D eigenvalue weighted by Crippen LogP contribution is -2.30. The van der Waals surface area contributed by atoms with E-state index in [1.54, 1.807) is 6.20 Å². The van der Waals surface area contributed by atoms with Crippen LogP contribution in [0, 0.1) is 0 Å². The third kappa shape index (κ3) is 1.61. The van der Waals surface area contributed by atoms with E-state index < -0.39 is 5.79 Å². The van der Waals surface area contributed by atoms with Gasteiger partial charge in [0.2, 0.25) is 5.79 Å². The second-order valence-corrected chi connectivity index (χ2v) is 3.36. The minimum absolute atomic E-state index is 0.608. The first-order valence-corrected chi connectivity index (χ1v) is 5.25. The number of aromatic nitrogens is 1. The monoisotopic (exact) mass is 243 g/mol. The zero-order valence-corrected chi connectivity index (χ0v) is 8.66. The van der Waals surface area contributed by atoms with Crippen LogP contribution in [0.1, 0.15) is 5.69 Å². The molecular weight excluding hydrogens is 234 g/mol. The van der Waals surface area contributed by atoms with Crippen molar-refractivity contribution in [1.82, 2.24) is 4.98 Å². The summed E-state index contributed by atoms with van der Waals surface area (Å²) in [6.45, 7) is 1.25. The van der Waals surface area contributed by atoms with Gasteiger partial charge in [0.1, 0.15) is 5.69 Å². The molecule has 0 spiro atoms. The maximum absolute atomic E-state index is 5.54. The van der Waals surface area contributed by atoms with Crippen molar-refractivity contribution in [2.45, 2.75) is 5.79 Å². The summed E-state index contributed by atoms with van der Waals surface area (Å²) >= 11 is 3.38. The summed E-state index contributed by atoms with van der Waals surface area (Å²) in [5, 5.41) is 0.608. The molecule has 0 saturated carbocycles. The minimum atomic E-state index is -0.665. The number of rotatable bonds is 2. The molecule has 1 saturated heterocycles. The van der Waals surface area contributed by atoms with Crippen LogP contribution >= 0.6 is 15.9 Å². The van der Waals surface area contributed by atoms with Gasteiger partial charge in [-0.05, 0) is 12.1 Å². The van der Waals surface area contributed by atoms with E-state index in [9.17, 15) is 0 Å². The van der Waals surface area contributed by atoms with Crippen LogP contribution in [0.3, 0.4) is 0 Å². The molecule has 1 aliphatic heterocycles. The fourth-order valence-corrected chi connectivity index (χ4v) is 1.95. The largest absolute Gasteiger partial charge is 0.342 e. The normalized spacial score (nSPS) is 20.4. The lowest BCUT2D eigenvalue weighted by Gasteiger charge is -2.23. The minimum Gasteiger partial charge on any atom is -0.342 e. The van der Waals surface area contributed by atoms with Crippen LogP contribution in [0.5, 0.6) is 0 Å².